The molecule has 0 amide bonds. The molecular formula is C28H44ClN3O. The van der Waals surface area contributed by atoms with Crippen molar-refractivity contribution in [1.82, 2.24) is 4.90 Å². The summed E-state index contributed by atoms with van der Waals surface area (Å²) in [6, 6.07) is 7.34. The Hall–Kier alpha value is -1.23. The fourth-order valence-corrected chi connectivity index (χ4v) is 5.76. The van der Waals surface area contributed by atoms with E-state index in [1.807, 2.05) is 7.11 Å². The van der Waals surface area contributed by atoms with E-state index in [2.05, 4.69) is 52.8 Å². The first kappa shape index (κ1) is 24.9. The highest BCUT2D eigenvalue weighted by molar-refractivity contribution is 5.85. The highest BCUT2D eigenvalue weighted by atomic mass is 35.5. The zero-order chi connectivity index (χ0) is 22.1. The maximum atomic E-state index is 5.60. The number of piperazine rings is 1. The molecule has 2 aliphatic carbocycles. The Kier molecular flexibility index (Phi) is 7.98. The number of allylic oxidation sites excluding steroid dienone is 2. The van der Waals surface area contributed by atoms with E-state index in [1.54, 1.807) is 5.57 Å². The normalized spacial score (nSPS) is 24.4. The molecule has 33 heavy (non-hydrogen) atoms. The Morgan fingerprint density at radius 2 is 1.67 bits per heavy atom. The molecule has 0 spiro atoms. The van der Waals surface area contributed by atoms with Crippen LogP contribution in [0.3, 0.4) is 0 Å². The molecule has 1 aromatic carbocycles. The lowest BCUT2D eigenvalue weighted by atomic mass is 9.76. The van der Waals surface area contributed by atoms with Crippen LogP contribution in [0.5, 0.6) is 0 Å². The maximum absolute atomic E-state index is 5.60. The summed E-state index contributed by atoms with van der Waals surface area (Å²) in [4.78, 5) is 7.94. The average Bonchev–Trinajstić information content (AvgIpc) is 3.63. The molecule has 4 nitrogen and oxygen atoms in total. The van der Waals surface area contributed by atoms with Crippen molar-refractivity contribution in [3.05, 3.63) is 29.8 Å². The number of benzene rings is 1. The quantitative estimate of drug-likeness (QED) is 0.515. The molecule has 1 aromatic rings. The molecule has 5 rings (SSSR count). The molecule has 4 aliphatic rings. The van der Waals surface area contributed by atoms with Crippen molar-refractivity contribution >= 4 is 29.4 Å². The van der Waals surface area contributed by atoms with Crippen LogP contribution in [0, 0.1) is 11.3 Å². The SMILES string of the molecule is COC1CCN(c2ccc(N3CCN(CC4CC4)CC3)c(C3=CCC(C)(C)CC3)c2)CC1.Cl. The third-order valence-electron chi connectivity index (χ3n) is 8.37. The first-order valence-electron chi connectivity index (χ1n) is 13.1. The van der Waals surface area contributed by atoms with Crippen molar-refractivity contribution < 1.29 is 4.74 Å². The zero-order valence-electron chi connectivity index (χ0n) is 21.0. The van der Waals surface area contributed by atoms with E-state index in [1.165, 1.54) is 68.7 Å². The van der Waals surface area contributed by atoms with Gasteiger partial charge in [-0.15, -0.1) is 12.4 Å². The molecule has 5 heteroatoms. The number of ether oxygens (including phenoxy) is 1. The molecule has 2 saturated heterocycles. The summed E-state index contributed by atoms with van der Waals surface area (Å²) in [6.45, 7) is 13.1. The van der Waals surface area contributed by atoms with Crippen LogP contribution in [-0.2, 0) is 4.74 Å². The molecule has 3 fully saturated rings. The molecule has 184 valence electrons. The van der Waals surface area contributed by atoms with Gasteiger partial charge in [-0.3, -0.25) is 4.90 Å². The molecule has 0 radical (unpaired) electrons. The van der Waals surface area contributed by atoms with Crippen LogP contribution < -0.4 is 9.80 Å². The monoisotopic (exact) mass is 473 g/mol. The van der Waals surface area contributed by atoms with Gasteiger partial charge in [0.2, 0.25) is 0 Å². The first-order chi connectivity index (χ1) is 15.5. The highest BCUT2D eigenvalue weighted by Crippen LogP contribution is 2.42. The van der Waals surface area contributed by atoms with Crippen molar-refractivity contribution in [1.29, 1.82) is 0 Å². The minimum absolute atomic E-state index is 0. The largest absolute Gasteiger partial charge is 0.381 e. The Morgan fingerprint density at radius 1 is 0.939 bits per heavy atom. The van der Waals surface area contributed by atoms with E-state index < -0.39 is 0 Å². The number of nitrogens with zero attached hydrogens (tertiary/aromatic N) is 3. The third-order valence-corrected chi connectivity index (χ3v) is 8.37. The summed E-state index contributed by atoms with van der Waals surface area (Å²) >= 11 is 0. The van der Waals surface area contributed by atoms with Gasteiger partial charge in [0.25, 0.3) is 0 Å². The predicted molar refractivity (Wildman–Crippen MR) is 143 cm³/mol. The van der Waals surface area contributed by atoms with Gasteiger partial charge in [-0.2, -0.15) is 0 Å². The predicted octanol–water partition coefficient (Wildman–Crippen LogP) is 5.85. The van der Waals surface area contributed by atoms with E-state index >= 15 is 0 Å². The second-order valence-electron chi connectivity index (χ2n) is 11.5. The molecule has 0 bridgehead atoms. The average molecular weight is 474 g/mol. The van der Waals surface area contributed by atoms with Crippen LogP contribution in [0.25, 0.3) is 5.57 Å². The van der Waals surface area contributed by atoms with E-state index in [9.17, 15) is 0 Å². The van der Waals surface area contributed by atoms with Crippen LogP contribution in [0.1, 0.15) is 64.4 Å². The second kappa shape index (κ2) is 10.6. The number of hydrogen-bond acceptors (Lipinski definition) is 4. The van der Waals surface area contributed by atoms with E-state index in [0.29, 0.717) is 11.5 Å². The van der Waals surface area contributed by atoms with Crippen LogP contribution in [0.15, 0.2) is 24.3 Å². The summed E-state index contributed by atoms with van der Waals surface area (Å²) in [7, 11) is 1.86. The van der Waals surface area contributed by atoms with E-state index in [-0.39, 0.29) is 12.4 Å². The van der Waals surface area contributed by atoms with Gasteiger partial charge < -0.3 is 14.5 Å². The van der Waals surface area contributed by atoms with Gasteiger partial charge in [-0.1, -0.05) is 19.9 Å². The standard InChI is InChI=1S/C28H43N3O.ClH/c1-28(2)12-8-23(9-13-28)26-20-24(30-14-10-25(32-3)11-15-30)6-7-27(26)31-18-16-29(17-19-31)21-22-4-5-22;/h6-8,20,22,25H,4-5,9-19,21H2,1-3H3;1H. The Morgan fingerprint density at radius 3 is 2.27 bits per heavy atom. The fraction of sp³-hybridized carbons (Fsp3) is 0.714. The molecule has 1 saturated carbocycles. The molecule has 2 aliphatic heterocycles. The topological polar surface area (TPSA) is 19.0 Å². The number of rotatable bonds is 6. The van der Waals surface area contributed by atoms with Gasteiger partial charge in [0.1, 0.15) is 0 Å². The van der Waals surface area contributed by atoms with Gasteiger partial charge in [0, 0.05) is 69.9 Å². The smallest absolute Gasteiger partial charge is 0.0605 e. The summed E-state index contributed by atoms with van der Waals surface area (Å²) < 4.78 is 5.60. The lowest BCUT2D eigenvalue weighted by molar-refractivity contribution is 0.0819. The Labute approximate surface area is 207 Å². The molecule has 0 N–H and O–H groups in total. The van der Waals surface area contributed by atoms with Gasteiger partial charge in [0.15, 0.2) is 0 Å². The lowest BCUT2D eigenvalue weighted by Crippen LogP contribution is -2.47. The number of halogens is 1. The number of piperidine rings is 1. The first-order valence-corrected chi connectivity index (χ1v) is 13.1. The van der Waals surface area contributed by atoms with Crippen molar-refractivity contribution in [2.24, 2.45) is 11.3 Å². The Bertz CT molecular complexity index is 818. The van der Waals surface area contributed by atoms with E-state index in [0.717, 1.165) is 44.9 Å². The van der Waals surface area contributed by atoms with Crippen molar-refractivity contribution in [3.63, 3.8) is 0 Å². The van der Waals surface area contributed by atoms with Crippen LogP contribution in [-0.4, -0.2) is 63.9 Å². The van der Waals surface area contributed by atoms with Crippen LogP contribution in [0.2, 0.25) is 0 Å². The minimum Gasteiger partial charge on any atom is -0.381 e. The Balaban J connectivity index is 0.00000259. The fourth-order valence-electron chi connectivity index (χ4n) is 5.76. The van der Waals surface area contributed by atoms with Crippen molar-refractivity contribution in [2.45, 2.75) is 64.9 Å². The minimum atomic E-state index is 0. The van der Waals surface area contributed by atoms with E-state index in [4.69, 9.17) is 4.74 Å². The summed E-state index contributed by atoms with van der Waals surface area (Å²) in [6.07, 6.45) is 11.8. The number of anilines is 2. The van der Waals surface area contributed by atoms with Crippen molar-refractivity contribution in [3.8, 4) is 0 Å². The summed E-state index contributed by atoms with van der Waals surface area (Å²) in [5.74, 6) is 0.995. The number of hydrogen-bond donors (Lipinski definition) is 0. The van der Waals surface area contributed by atoms with Crippen LogP contribution >= 0.6 is 12.4 Å². The molecule has 0 atom stereocenters. The number of methoxy groups -OCH3 is 1. The molecule has 2 heterocycles. The second-order valence-corrected chi connectivity index (χ2v) is 11.5. The maximum Gasteiger partial charge on any atom is 0.0605 e. The van der Waals surface area contributed by atoms with Crippen molar-refractivity contribution in [2.75, 3.05) is 62.7 Å². The van der Waals surface area contributed by atoms with Gasteiger partial charge in [0.05, 0.1) is 6.10 Å². The summed E-state index contributed by atoms with van der Waals surface area (Å²) in [5, 5.41) is 0. The lowest BCUT2D eigenvalue weighted by Gasteiger charge is -2.39. The molecular weight excluding hydrogens is 430 g/mol. The van der Waals surface area contributed by atoms with Gasteiger partial charge in [-0.25, -0.2) is 0 Å². The summed E-state index contributed by atoms with van der Waals surface area (Å²) in [5.41, 5.74) is 6.39. The molecule has 0 unspecified atom stereocenters. The molecule has 0 aromatic heterocycles. The highest BCUT2D eigenvalue weighted by Gasteiger charge is 2.29. The third kappa shape index (κ3) is 6.07. The zero-order valence-corrected chi connectivity index (χ0v) is 21.8. The van der Waals surface area contributed by atoms with Gasteiger partial charge >= 0.3 is 0 Å². The van der Waals surface area contributed by atoms with Gasteiger partial charge in [-0.05, 0) is 80.1 Å². The van der Waals surface area contributed by atoms with Crippen LogP contribution in [0.4, 0.5) is 11.4 Å².